The molecule has 136 valence electrons. The van der Waals surface area contributed by atoms with Gasteiger partial charge in [-0.1, -0.05) is 37.0 Å². The number of benzene rings is 1. The van der Waals surface area contributed by atoms with Crippen molar-refractivity contribution in [2.24, 2.45) is 5.92 Å². The standard InChI is InChI=1S/C16H18Cl2N2O4S/c1-10(2)15(16(21)19-9-11-4-3-7-24-11)20-25(22,23)12-5-6-13(17)14(18)8-12/h3-8,10,15,20H,9H2,1-2H3,(H,19,21). The number of sulfonamides is 1. The Bertz CT molecular complexity index is 836. The minimum atomic E-state index is -3.94. The number of hydrogen-bond acceptors (Lipinski definition) is 4. The fourth-order valence-corrected chi connectivity index (χ4v) is 3.80. The van der Waals surface area contributed by atoms with Gasteiger partial charge in [0.05, 0.1) is 27.7 Å². The van der Waals surface area contributed by atoms with E-state index in [0.717, 1.165) is 0 Å². The van der Waals surface area contributed by atoms with Crippen LogP contribution < -0.4 is 10.0 Å². The number of halogens is 2. The zero-order chi connectivity index (χ0) is 18.6. The van der Waals surface area contributed by atoms with Crippen LogP contribution in [0, 0.1) is 5.92 Å². The molecule has 1 amide bonds. The second-order valence-corrected chi connectivity index (χ2v) is 8.24. The molecule has 6 nitrogen and oxygen atoms in total. The van der Waals surface area contributed by atoms with Gasteiger partial charge in [-0.15, -0.1) is 0 Å². The van der Waals surface area contributed by atoms with Gasteiger partial charge < -0.3 is 9.73 Å². The first-order chi connectivity index (χ1) is 11.7. The summed E-state index contributed by atoms with van der Waals surface area (Å²) in [6, 6.07) is 6.42. The van der Waals surface area contributed by atoms with E-state index in [1.54, 1.807) is 26.0 Å². The van der Waals surface area contributed by atoms with Crippen LogP contribution in [0.25, 0.3) is 0 Å². The molecular weight excluding hydrogens is 387 g/mol. The average Bonchev–Trinajstić information content (AvgIpc) is 3.06. The van der Waals surface area contributed by atoms with Crippen LogP contribution in [-0.2, 0) is 21.4 Å². The van der Waals surface area contributed by atoms with Gasteiger partial charge in [0.25, 0.3) is 0 Å². The van der Waals surface area contributed by atoms with Crippen molar-refractivity contribution < 1.29 is 17.6 Å². The van der Waals surface area contributed by atoms with Gasteiger partial charge in [-0.05, 0) is 36.2 Å². The Hall–Kier alpha value is -1.54. The normalized spacial score (nSPS) is 13.0. The van der Waals surface area contributed by atoms with E-state index in [0.29, 0.717) is 5.76 Å². The third-order valence-corrected chi connectivity index (χ3v) is 5.63. The summed E-state index contributed by atoms with van der Waals surface area (Å²) in [5.74, 6) is -0.146. The zero-order valence-corrected chi connectivity index (χ0v) is 16.0. The number of furan rings is 1. The highest BCUT2D eigenvalue weighted by atomic mass is 35.5. The highest BCUT2D eigenvalue weighted by molar-refractivity contribution is 7.89. The molecule has 2 N–H and O–H groups in total. The van der Waals surface area contributed by atoms with Crippen molar-refractivity contribution in [2.45, 2.75) is 31.3 Å². The van der Waals surface area contributed by atoms with Crippen molar-refractivity contribution in [3.8, 4) is 0 Å². The third kappa shape index (κ3) is 5.22. The van der Waals surface area contributed by atoms with Crippen molar-refractivity contribution in [1.82, 2.24) is 10.0 Å². The molecule has 0 saturated heterocycles. The summed E-state index contributed by atoms with van der Waals surface area (Å²) in [4.78, 5) is 12.3. The molecule has 25 heavy (non-hydrogen) atoms. The van der Waals surface area contributed by atoms with E-state index in [9.17, 15) is 13.2 Å². The summed E-state index contributed by atoms with van der Waals surface area (Å²) in [6.45, 7) is 3.66. The number of carbonyl (C=O) groups is 1. The highest BCUT2D eigenvalue weighted by Crippen LogP contribution is 2.25. The molecule has 0 aliphatic carbocycles. The Morgan fingerprint density at radius 1 is 1.20 bits per heavy atom. The van der Waals surface area contributed by atoms with Crippen LogP contribution in [0.1, 0.15) is 19.6 Å². The number of amides is 1. The predicted molar refractivity (Wildman–Crippen MR) is 96.0 cm³/mol. The average molecular weight is 405 g/mol. The lowest BCUT2D eigenvalue weighted by molar-refractivity contribution is -0.123. The molecule has 1 aromatic carbocycles. The van der Waals surface area contributed by atoms with Gasteiger partial charge in [-0.2, -0.15) is 4.72 Å². The Labute approximate surface area is 156 Å². The van der Waals surface area contributed by atoms with Crippen LogP contribution in [0.5, 0.6) is 0 Å². The molecule has 0 spiro atoms. The maximum Gasteiger partial charge on any atom is 0.241 e. The van der Waals surface area contributed by atoms with Crippen LogP contribution in [-0.4, -0.2) is 20.4 Å². The second kappa shape index (κ2) is 8.23. The molecule has 0 aliphatic heterocycles. The van der Waals surface area contributed by atoms with Gasteiger partial charge in [0.1, 0.15) is 11.8 Å². The van der Waals surface area contributed by atoms with Crippen molar-refractivity contribution in [1.29, 1.82) is 0 Å². The van der Waals surface area contributed by atoms with Crippen LogP contribution >= 0.6 is 23.2 Å². The van der Waals surface area contributed by atoms with Crippen LogP contribution in [0.2, 0.25) is 10.0 Å². The molecule has 1 unspecified atom stereocenters. The molecule has 1 aromatic heterocycles. The van der Waals surface area contributed by atoms with Gasteiger partial charge in [0.15, 0.2) is 0 Å². The smallest absolute Gasteiger partial charge is 0.241 e. The van der Waals surface area contributed by atoms with E-state index in [-0.39, 0.29) is 27.4 Å². The van der Waals surface area contributed by atoms with E-state index in [1.807, 2.05) is 0 Å². The molecule has 0 saturated carbocycles. The van der Waals surface area contributed by atoms with Gasteiger partial charge in [-0.25, -0.2) is 8.42 Å². The second-order valence-electron chi connectivity index (χ2n) is 5.72. The number of nitrogens with one attached hydrogen (secondary N) is 2. The van der Waals surface area contributed by atoms with Crippen molar-refractivity contribution in [2.75, 3.05) is 0 Å². The summed E-state index contributed by atoms with van der Waals surface area (Å²) >= 11 is 11.7. The lowest BCUT2D eigenvalue weighted by Gasteiger charge is -2.21. The van der Waals surface area contributed by atoms with Crippen molar-refractivity contribution in [3.05, 3.63) is 52.4 Å². The molecule has 9 heteroatoms. The van der Waals surface area contributed by atoms with Gasteiger partial charge in [0.2, 0.25) is 15.9 Å². The molecule has 1 heterocycles. The minimum absolute atomic E-state index is 0.0635. The third-order valence-electron chi connectivity index (χ3n) is 3.45. The highest BCUT2D eigenvalue weighted by Gasteiger charge is 2.28. The van der Waals surface area contributed by atoms with E-state index in [1.165, 1.54) is 24.5 Å². The molecule has 0 bridgehead atoms. The van der Waals surface area contributed by atoms with Crippen molar-refractivity contribution >= 4 is 39.1 Å². The maximum atomic E-state index is 12.5. The number of rotatable bonds is 7. The topological polar surface area (TPSA) is 88.4 Å². The minimum Gasteiger partial charge on any atom is -0.467 e. The molecule has 1 atom stereocenters. The largest absolute Gasteiger partial charge is 0.467 e. The van der Waals surface area contributed by atoms with Gasteiger partial charge in [-0.3, -0.25) is 4.79 Å². The first kappa shape index (κ1) is 19.8. The Balaban J connectivity index is 2.13. The molecule has 0 radical (unpaired) electrons. The Morgan fingerprint density at radius 3 is 2.48 bits per heavy atom. The molecule has 2 rings (SSSR count). The van der Waals surface area contributed by atoms with E-state index >= 15 is 0 Å². The van der Waals surface area contributed by atoms with E-state index < -0.39 is 22.0 Å². The molecule has 0 aliphatic rings. The summed E-state index contributed by atoms with van der Waals surface area (Å²) < 4.78 is 32.6. The fraction of sp³-hybridized carbons (Fsp3) is 0.312. The SMILES string of the molecule is CC(C)C(NS(=O)(=O)c1ccc(Cl)c(Cl)c1)C(=O)NCc1ccco1. The number of hydrogen-bond donors (Lipinski definition) is 2. The van der Waals surface area contributed by atoms with E-state index in [4.69, 9.17) is 27.6 Å². The predicted octanol–water partition coefficient (Wildman–Crippen LogP) is 3.21. The quantitative estimate of drug-likeness (QED) is 0.741. The van der Waals surface area contributed by atoms with Crippen LogP contribution in [0.4, 0.5) is 0 Å². The zero-order valence-electron chi connectivity index (χ0n) is 13.6. The summed E-state index contributed by atoms with van der Waals surface area (Å²) in [5, 5.41) is 3.02. The lowest BCUT2D eigenvalue weighted by atomic mass is 10.1. The molecule has 2 aromatic rings. The fourth-order valence-electron chi connectivity index (χ4n) is 2.07. The van der Waals surface area contributed by atoms with Crippen LogP contribution in [0.15, 0.2) is 45.9 Å². The molecule has 0 fully saturated rings. The summed E-state index contributed by atoms with van der Waals surface area (Å²) in [7, 11) is -3.94. The molecular formula is C16H18Cl2N2O4S. The summed E-state index contributed by atoms with van der Waals surface area (Å²) in [5.41, 5.74) is 0. The monoisotopic (exact) mass is 404 g/mol. The van der Waals surface area contributed by atoms with E-state index in [2.05, 4.69) is 10.0 Å². The summed E-state index contributed by atoms with van der Waals surface area (Å²) in [6.07, 6.45) is 1.49. The Morgan fingerprint density at radius 2 is 1.92 bits per heavy atom. The maximum absolute atomic E-state index is 12.5. The number of carbonyl (C=O) groups excluding carboxylic acids is 1. The Kier molecular flexibility index (Phi) is 6.51. The first-order valence-corrected chi connectivity index (χ1v) is 9.72. The first-order valence-electron chi connectivity index (χ1n) is 7.48. The van der Waals surface area contributed by atoms with Gasteiger partial charge >= 0.3 is 0 Å². The van der Waals surface area contributed by atoms with Gasteiger partial charge in [0, 0.05) is 0 Å². The van der Waals surface area contributed by atoms with Crippen LogP contribution in [0.3, 0.4) is 0 Å². The van der Waals surface area contributed by atoms with Crippen molar-refractivity contribution in [3.63, 3.8) is 0 Å². The lowest BCUT2D eigenvalue weighted by Crippen LogP contribution is -2.49.